The molecule has 1 unspecified atom stereocenters. The zero-order valence-corrected chi connectivity index (χ0v) is 14.8. The molecule has 8 nitrogen and oxygen atoms in total. The molecule has 132 valence electrons. The van der Waals surface area contributed by atoms with Crippen LogP contribution >= 0.6 is 0 Å². The van der Waals surface area contributed by atoms with Crippen molar-refractivity contribution >= 4 is 21.9 Å². The summed E-state index contributed by atoms with van der Waals surface area (Å²) in [6.45, 7) is 4.52. The first-order valence-electron chi connectivity index (χ1n) is 7.76. The highest BCUT2D eigenvalue weighted by Crippen LogP contribution is 2.30. The van der Waals surface area contributed by atoms with E-state index in [0.29, 0.717) is 6.42 Å². The van der Waals surface area contributed by atoms with Gasteiger partial charge in [-0.1, -0.05) is 13.8 Å². The van der Waals surface area contributed by atoms with E-state index in [1.165, 1.54) is 16.3 Å². The van der Waals surface area contributed by atoms with Gasteiger partial charge in [-0.25, -0.2) is 13.2 Å². The number of hydrogen-bond donors (Lipinski definition) is 1. The van der Waals surface area contributed by atoms with Crippen LogP contribution in [-0.2, 0) is 19.6 Å². The lowest BCUT2D eigenvalue weighted by atomic mass is 9.97. The van der Waals surface area contributed by atoms with Gasteiger partial charge >= 0.3 is 5.97 Å². The highest BCUT2D eigenvalue weighted by atomic mass is 32.2. The number of hydrogen-bond acceptors (Lipinski definition) is 5. The SMILES string of the molecule is CC(C)C(C(=O)O)N(C)C(=O)C1CN(S(=O)(=O)[C@H]2CCN2C)C1. The first-order chi connectivity index (χ1) is 10.6. The van der Waals surface area contributed by atoms with E-state index in [4.69, 9.17) is 0 Å². The summed E-state index contributed by atoms with van der Waals surface area (Å²) in [6, 6.07) is -0.897. The Morgan fingerprint density at radius 3 is 2.17 bits per heavy atom. The molecular weight excluding hydrogens is 322 g/mol. The Balaban J connectivity index is 1.96. The van der Waals surface area contributed by atoms with Gasteiger partial charge in [-0.2, -0.15) is 4.31 Å². The summed E-state index contributed by atoms with van der Waals surface area (Å²) in [6.07, 6.45) is 0.613. The molecule has 1 N–H and O–H groups in total. The number of amides is 1. The van der Waals surface area contributed by atoms with Crippen LogP contribution in [0.1, 0.15) is 20.3 Å². The van der Waals surface area contributed by atoms with Gasteiger partial charge < -0.3 is 10.0 Å². The molecule has 2 atom stereocenters. The van der Waals surface area contributed by atoms with Crippen LogP contribution in [0.4, 0.5) is 0 Å². The molecule has 0 spiro atoms. The largest absolute Gasteiger partial charge is 0.480 e. The maximum absolute atomic E-state index is 12.4. The molecular formula is C14H25N3O5S. The molecule has 2 saturated heterocycles. The lowest BCUT2D eigenvalue weighted by Gasteiger charge is -2.45. The van der Waals surface area contributed by atoms with Crippen LogP contribution in [0.15, 0.2) is 0 Å². The third kappa shape index (κ3) is 3.22. The summed E-state index contributed by atoms with van der Waals surface area (Å²) < 4.78 is 26.0. The minimum atomic E-state index is -3.39. The van der Waals surface area contributed by atoms with Crippen molar-refractivity contribution in [3.05, 3.63) is 0 Å². The summed E-state index contributed by atoms with van der Waals surface area (Å²) in [5.41, 5.74) is 0. The van der Waals surface area contributed by atoms with Crippen LogP contribution in [0.5, 0.6) is 0 Å². The third-order valence-electron chi connectivity index (χ3n) is 4.77. The van der Waals surface area contributed by atoms with Crippen LogP contribution in [0.3, 0.4) is 0 Å². The first kappa shape index (κ1) is 18.2. The van der Waals surface area contributed by atoms with E-state index >= 15 is 0 Å². The van der Waals surface area contributed by atoms with Crippen LogP contribution in [0, 0.1) is 11.8 Å². The molecule has 0 aromatic heterocycles. The Labute approximate surface area is 137 Å². The fourth-order valence-corrected chi connectivity index (χ4v) is 5.25. The van der Waals surface area contributed by atoms with Crippen molar-refractivity contribution in [3.63, 3.8) is 0 Å². The average Bonchev–Trinajstić information content (AvgIpc) is 2.32. The predicted octanol–water partition coefficient (Wildman–Crippen LogP) is -0.523. The minimum Gasteiger partial charge on any atom is -0.480 e. The van der Waals surface area contributed by atoms with Crippen LogP contribution < -0.4 is 0 Å². The molecule has 0 bridgehead atoms. The number of likely N-dealkylation sites (N-methyl/N-ethyl adjacent to an activating group) is 1. The van der Waals surface area contributed by atoms with Crippen molar-refractivity contribution in [2.75, 3.05) is 33.7 Å². The molecule has 2 fully saturated rings. The Hall–Kier alpha value is -1.19. The topological polar surface area (TPSA) is 98.2 Å². The minimum absolute atomic E-state index is 0.139. The highest BCUT2D eigenvalue weighted by molar-refractivity contribution is 7.89. The second-order valence-electron chi connectivity index (χ2n) is 6.76. The van der Waals surface area contributed by atoms with E-state index in [9.17, 15) is 23.1 Å². The maximum Gasteiger partial charge on any atom is 0.326 e. The summed E-state index contributed by atoms with van der Waals surface area (Å²) >= 11 is 0. The van der Waals surface area contributed by atoms with Gasteiger partial charge in [0.15, 0.2) is 0 Å². The predicted molar refractivity (Wildman–Crippen MR) is 84.0 cm³/mol. The molecule has 2 aliphatic heterocycles. The quantitative estimate of drug-likeness (QED) is 0.694. The summed E-state index contributed by atoms with van der Waals surface area (Å²) in [5, 5.41) is 8.77. The van der Waals surface area contributed by atoms with Gasteiger partial charge in [0.25, 0.3) is 0 Å². The lowest BCUT2D eigenvalue weighted by Crippen LogP contribution is -2.63. The van der Waals surface area contributed by atoms with Crippen molar-refractivity contribution in [3.8, 4) is 0 Å². The lowest BCUT2D eigenvalue weighted by molar-refractivity contribution is -0.154. The molecule has 1 amide bonds. The maximum atomic E-state index is 12.4. The number of rotatable bonds is 6. The van der Waals surface area contributed by atoms with Crippen LogP contribution in [0.2, 0.25) is 0 Å². The van der Waals surface area contributed by atoms with E-state index in [1.54, 1.807) is 25.8 Å². The zero-order chi connectivity index (χ0) is 17.5. The molecule has 0 radical (unpaired) electrons. The fourth-order valence-electron chi connectivity index (χ4n) is 3.17. The van der Waals surface area contributed by atoms with Gasteiger partial charge in [-0.05, 0) is 19.4 Å². The van der Waals surface area contributed by atoms with Crippen LogP contribution in [0.25, 0.3) is 0 Å². The Morgan fingerprint density at radius 2 is 1.83 bits per heavy atom. The molecule has 9 heteroatoms. The molecule has 0 aliphatic carbocycles. The summed E-state index contributed by atoms with van der Waals surface area (Å²) in [5.74, 6) is -2.03. The van der Waals surface area contributed by atoms with Crippen LogP contribution in [-0.4, -0.2) is 84.7 Å². The highest BCUT2D eigenvalue weighted by Gasteiger charge is 2.48. The summed E-state index contributed by atoms with van der Waals surface area (Å²) in [4.78, 5) is 26.7. The van der Waals surface area contributed by atoms with Crippen molar-refractivity contribution in [1.82, 2.24) is 14.1 Å². The number of nitrogens with zero attached hydrogens (tertiary/aromatic N) is 3. The molecule has 2 aliphatic rings. The second kappa shape index (κ2) is 6.37. The Kier molecular flexibility index (Phi) is 5.03. The van der Waals surface area contributed by atoms with Gasteiger partial charge in [0.1, 0.15) is 11.4 Å². The second-order valence-corrected chi connectivity index (χ2v) is 8.85. The number of carboxylic acid groups (broad SMARTS) is 1. The van der Waals surface area contributed by atoms with Crippen molar-refractivity contribution in [2.45, 2.75) is 31.7 Å². The van der Waals surface area contributed by atoms with Gasteiger partial charge in [0, 0.05) is 26.7 Å². The molecule has 0 aromatic carbocycles. The van der Waals surface area contributed by atoms with Crippen molar-refractivity contribution < 1.29 is 23.1 Å². The summed E-state index contributed by atoms with van der Waals surface area (Å²) in [7, 11) is -0.151. The molecule has 2 heterocycles. The molecule has 0 saturated carbocycles. The number of carbonyl (C=O) groups is 2. The number of carbonyl (C=O) groups excluding carboxylic acids is 1. The zero-order valence-electron chi connectivity index (χ0n) is 14.0. The normalized spacial score (nSPS) is 24.8. The van der Waals surface area contributed by atoms with Gasteiger partial charge in [0.05, 0.1) is 5.92 Å². The Morgan fingerprint density at radius 1 is 1.26 bits per heavy atom. The fraction of sp³-hybridized carbons (Fsp3) is 0.857. The first-order valence-corrected chi connectivity index (χ1v) is 9.26. The van der Waals surface area contributed by atoms with E-state index in [0.717, 1.165) is 6.54 Å². The smallest absolute Gasteiger partial charge is 0.326 e. The molecule has 0 aromatic rings. The van der Waals surface area contributed by atoms with E-state index < -0.39 is 33.3 Å². The molecule has 2 rings (SSSR count). The number of carboxylic acids is 1. The number of aliphatic carboxylic acids is 1. The van der Waals surface area contributed by atoms with Gasteiger partial charge in [-0.15, -0.1) is 0 Å². The average molecular weight is 347 g/mol. The van der Waals surface area contributed by atoms with Gasteiger partial charge in [-0.3, -0.25) is 9.69 Å². The van der Waals surface area contributed by atoms with E-state index in [1.807, 2.05) is 0 Å². The van der Waals surface area contributed by atoms with Gasteiger partial charge in [0.2, 0.25) is 15.9 Å². The third-order valence-corrected chi connectivity index (χ3v) is 7.07. The Bertz CT molecular complexity index is 585. The van der Waals surface area contributed by atoms with E-state index in [-0.39, 0.29) is 24.9 Å². The van der Waals surface area contributed by atoms with E-state index in [2.05, 4.69) is 0 Å². The number of likely N-dealkylation sites (tertiary alicyclic amines) is 1. The molecule has 23 heavy (non-hydrogen) atoms. The van der Waals surface area contributed by atoms with Crippen molar-refractivity contribution in [2.24, 2.45) is 11.8 Å². The standard InChI is InChI=1S/C14H25N3O5S/c1-9(2)12(14(19)20)16(4)13(18)10-7-17(8-10)23(21,22)11-5-6-15(11)3/h9-12H,5-8H2,1-4H3,(H,19,20)/t11-,12?/m0/s1. The van der Waals surface area contributed by atoms with Crippen molar-refractivity contribution in [1.29, 1.82) is 0 Å². The number of sulfonamides is 1. The monoisotopic (exact) mass is 347 g/mol.